The lowest BCUT2D eigenvalue weighted by Gasteiger charge is -2.39. The SMILES string of the molecule is CNc1cccc(-c2n[nH]c3nc(N4CCC(C)(CN)CC4)cnc23)c1C. The van der Waals surface area contributed by atoms with Crippen molar-refractivity contribution in [2.45, 2.75) is 26.7 Å². The molecule has 4 rings (SSSR count). The Balaban J connectivity index is 1.65. The minimum Gasteiger partial charge on any atom is -0.388 e. The van der Waals surface area contributed by atoms with E-state index in [9.17, 15) is 0 Å². The van der Waals surface area contributed by atoms with Crippen LogP contribution in [0.15, 0.2) is 24.4 Å². The number of anilines is 2. The highest BCUT2D eigenvalue weighted by atomic mass is 15.2. The van der Waals surface area contributed by atoms with Gasteiger partial charge >= 0.3 is 0 Å². The van der Waals surface area contributed by atoms with E-state index in [-0.39, 0.29) is 5.41 Å². The van der Waals surface area contributed by atoms with E-state index in [2.05, 4.69) is 46.4 Å². The predicted molar refractivity (Wildman–Crippen MR) is 110 cm³/mol. The molecule has 7 heteroatoms. The molecular formula is C20H27N7. The first-order chi connectivity index (χ1) is 13.0. The second-order valence-corrected chi connectivity index (χ2v) is 7.73. The average Bonchev–Trinajstić information content (AvgIpc) is 3.12. The number of rotatable bonds is 4. The van der Waals surface area contributed by atoms with E-state index in [1.807, 2.05) is 19.3 Å². The summed E-state index contributed by atoms with van der Waals surface area (Å²) in [4.78, 5) is 11.8. The van der Waals surface area contributed by atoms with Gasteiger partial charge in [0.05, 0.1) is 6.20 Å². The van der Waals surface area contributed by atoms with Crippen LogP contribution in [0.4, 0.5) is 11.5 Å². The van der Waals surface area contributed by atoms with Gasteiger partial charge in [-0.25, -0.2) is 9.97 Å². The number of piperidine rings is 1. The summed E-state index contributed by atoms with van der Waals surface area (Å²) < 4.78 is 0. The van der Waals surface area contributed by atoms with Gasteiger partial charge in [0.1, 0.15) is 17.0 Å². The van der Waals surface area contributed by atoms with E-state index in [0.29, 0.717) is 0 Å². The van der Waals surface area contributed by atoms with Gasteiger partial charge in [0.15, 0.2) is 5.65 Å². The Morgan fingerprint density at radius 2 is 2.07 bits per heavy atom. The van der Waals surface area contributed by atoms with Crippen molar-refractivity contribution in [3.8, 4) is 11.3 Å². The average molecular weight is 365 g/mol. The lowest BCUT2D eigenvalue weighted by molar-refractivity contribution is 0.258. The van der Waals surface area contributed by atoms with Gasteiger partial charge in [-0.1, -0.05) is 19.1 Å². The van der Waals surface area contributed by atoms with E-state index >= 15 is 0 Å². The number of benzene rings is 1. The molecule has 7 nitrogen and oxygen atoms in total. The van der Waals surface area contributed by atoms with E-state index in [4.69, 9.17) is 15.7 Å². The highest BCUT2D eigenvalue weighted by Gasteiger charge is 2.29. The molecule has 1 aliphatic heterocycles. The van der Waals surface area contributed by atoms with Crippen LogP contribution < -0.4 is 16.0 Å². The normalized spacial score (nSPS) is 16.7. The van der Waals surface area contributed by atoms with Crippen LogP contribution >= 0.6 is 0 Å². The van der Waals surface area contributed by atoms with Gasteiger partial charge in [-0.3, -0.25) is 5.10 Å². The van der Waals surface area contributed by atoms with E-state index < -0.39 is 0 Å². The summed E-state index contributed by atoms with van der Waals surface area (Å²) in [6.07, 6.45) is 4.02. The Morgan fingerprint density at radius 1 is 1.30 bits per heavy atom. The summed E-state index contributed by atoms with van der Waals surface area (Å²) in [5.41, 5.74) is 11.8. The lowest BCUT2D eigenvalue weighted by Crippen LogP contribution is -2.42. The molecule has 0 radical (unpaired) electrons. The molecule has 0 unspecified atom stereocenters. The lowest BCUT2D eigenvalue weighted by atomic mass is 9.80. The van der Waals surface area contributed by atoms with E-state index in [1.165, 1.54) is 0 Å². The fourth-order valence-electron chi connectivity index (χ4n) is 3.78. The van der Waals surface area contributed by atoms with Crippen molar-refractivity contribution in [2.75, 3.05) is 36.9 Å². The molecule has 0 amide bonds. The van der Waals surface area contributed by atoms with Crippen molar-refractivity contribution in [3.63, 3.8) is 0 Å². The molecule has 0 saturated carbocycles. The molecule has 0 aliphatic carbocycles. The number of nitrogens with two attached hydrogens (primary N) is 1. The molecule has 0 bridgehead atoms. The first kappa shape index (κ1) is 17.7. The molecule has 1 aromatic carbocycles. The summed E-state index contributed by atoms with van der Waals surface area (Å²) in [6.45, 7) is 7.00. The highest BCUT2D eigenvalue weighted by Crippen LogP contribution is 2.33. The van der Waals surface area contributed by atoms with Crippen molar-refractivity contribution in [1.29, 1.82) is 0 Å². The molecule has 142 valence electrons. The van der Waals surface area contributed by atoms with Crippen LogP contribution in [0.2, 0.25) is 0 Å². The molecule has 1 saturated heterocycles. The number of aromatic nitrogens is 4. The van der Waals surface area contributed by atoms with Crippen LogP contribution in [0, 0.1) is 12.3 Å². The summed E-state index contributed by atoms with van der Waals surface area (Å²) in [7, 11) is 1.93. The molecule has 4 N–H and O–H groups in total. The van der Waals surface area contributed by atoms with Crippen molar-refractivity contribution < 1.29 is 0 Å². The predicted octanol–water partition coefficient (Wildman–Crippen LogP) is 2.94. The minimum absolute atomic E-state index is 0.241. The summed E-state index contributed by atoms with van der Waals surface area (Å²) >= 11 is 0. The van der Waals surface area contributed by atoms with Crippen molar-refractivity contribution in [2.24, 2.45) is 11.1 Å². The Bertz CT molecular complexity index is 954. The molecule has 1 aliphatic rings. The Hall–Kier alpha value is -2.67. The van der Waals surface area contributed by atoms with Crippen LogP contribution in [0.3, 0.4) is 0 Å². The molecule has 27 heavy (non-hydrogen) atoms. The van der Waals surface area contributed by atoms with Gasteiger partial charge < -0.3 is 16.0 Å². The Labute approximate surface area is 159 Å². The number of hydrogen-bond acceptors (Lipinski definition) is 6. The maximum atomic E-state index is 5.92. The largest absolute Gasteiger partial charge is 0.388 e. The van der Waals surface area contributed by atoms with Crippen LogP contribution in [0.25, 0.3) is 22.4 Å². The molecule has 0 atom stereocenters. The number of aromatic amines is 1. The van der Waals surface area contributed by atoms with Gasteiger partial charge in [-0.15, -0.1) is 0 Å². The third kappa shape index (κ3) is 3.12. The smallest absolute Gasteiger partial charge is 0.177 e. The fourth-order valence-corrected chi connectivity index (χ4v) is 3.78. The first-order valence-electron chi connectivity index (χ1n) is 9.48. The van der Waals surface area contributed by atoms with Gasteiger partial charge in [0, 0.05) is 31.4 Å². The highest BCUT2D eigenvalue weighted by molar-refractivity contribution is 5.90. The maximum absolute atomic E-state index is 5.92. The van der Waals surface area contributed by atoms with E-state index in [1.54, 1.807) is 0 Å². The third-order valence-electron chi connectivity index (χ3n) is 5.90. The van der Waals surface area contributed by atoms with E-state index in [0.717, 1.165) is 72.0 Å². The zero-order valence-electron chi connectivity index (χ0n) is 16.2. The quantitative estimate of drug-likeness (QED) is 0.658. The number of nitrogens with one attached hydrogen (secondary N) is 2. The third-order valence-corrected chi connectivity index (χ3v) is 5.90. The standard InChI is InChI=1S/C20H27N7/c1-13-14(5-4-6-15(13)22-3)17-18-19(26-25-17)24-16(11-23-18)27-9-7-20(2,12-21)8-10-27/h4-6,11,22H,7-10,12,21H2,1-3H3,(H,24,25,26). The van der Waals surface area contributed by atoms with Crippen molar-refractivity contribution in [1.82, 2.24) is 20.2 Å². The monoisotopic (exact) mass is 365 g/mol. The van der Waals surface area contributed by atoms with Gasteiger partial charge in [-0.2, -0.15) is 5.10 Å². The fraction of sp³-hybridized carbons (Fsp3) is 0.450. The summed E-state index contributed by atoms with van der Waals surface area (Å²) in [5, 5.41) is 10.8. The molecule has 1 fully saturated rings. The number of nitrogens with zero attached hydrogens (tertiary/aromatic N) is 4. The first-order valence-corrected chi connectivity index (χ1v) is 9.48. The molecule has 0 spiro atoms. The second kappa shape index (κ2) is 6.81. The number of hydrogen-bond donors (Lipinski definition) is 3. The molecule has 3 aromatic rings. The van der Waals surface area contributed by atoms with Gasteiger partial charge in [0.2, 0.25) is 0 Å². The van der Waals surface area contributed by atoms with Crippen LogP contribution in [-0.2, 0) is 0 Å². The minimum atomic E-state index is 0.241. The zero-order valence-corrected chi connectivity index (χ0v) is 16.2. The number of fused-ring (bicyclic) bond motifs is 1. The Kier molecular flexibility index (Phi) is 4.47. The van der Waals surface area contributed by atoms with Crippen molar-refractivity contribution in [3.05, 3.63) is 30.0 Å². The van der Waals surface area contributed by atoms with Crippen LogP contribution in [0.5, 0.6) is 0 Å². The summed E-state index contributed by atoms with van der Waals surface area (Å²) in [6, 6.07) is 6.15. The summed E-state index contributed by atoms with van der Waals surface area (Å²) in [5.74, 6) is 0.900. The molecule has 2 aromatic heterocycles. The van der Waals surface area contributed by atoms with Crippen LogP contribution in [0.1, 0.15) is 25.3 Å². The van der Waals surface area contributed by atoms with Crippen LogP contribution in [-0.4, -0.2) is 46.8 Å². The topological polar surface area (TPSA) is 95.8 Å². The molecular weight excluding hydrogens is 338 g/mol. The Morgan fingerprint density at radius 3 is 2.78 bits per heavy atom. The van der Waals surface area contributed by atoms with Crippen molar-refractivity contribution >= 4 is 22.7 Å². The zero-order chi connectivity index (χ0) is 19.0. The van der Waals surface area contributed by atoms with Gasteiger partial charge in [-0.05, 0) is 43.4 Å². The maximum Gasteiger partial charge on any atom is 0.177 e. The number of H-pyrrole nitrogens is 1. The van der Waals surface area contributed by atoms with Gasteiger partial charge in [0.25, 0.3) is 0 Å². The molecule has 3 heterocycles. The second-order valence-electron chi connectivity index (χ2n) is 7.73.